The summed E-state index contributed by atoms with van der Waals surface area (Å²) in [6.45, 7) is 0. The van der Waals surface area contributed by atoms with Crippen LogP contribution in [0.4, 0.5) is 5.13 Å². The normalized spacial score (nSPS) is 14.9. The lowest BCUT2D eigenvalue weighted by atomic mass is 9.96. The molecule has 4 rings (SSSR count). The summed E-state index contributed by atoms with van der Waals surface area (Å²) >= 11 is 1.65. The van der Waals surface area contributed by atoms with Crippen LogP contribution in [-0.2, 0) is 0 Å². The molecule has 1 aliphatic rings. The van der Waals surface area contributed by atoms with E-state index in [2.05, 4.69) is 15.6 Å². The summed E-state index contributed by atoms with van der Waals surface area (Å²) < 4.78 is 6.99. The van der Waals surface area contributed by atoms with E-state index in [4.69, 9.17) is 9.72 Å². The number of aromatic nitrogens is 2. The van der Waals surface area contributed by atoms with E-state index in [1.54, 1.807) is 36.7 Å². The summed E-state index contributed by atoms with van der Waals surface area (Å²) in [5, 5.41) is 7.11. The van der Waals surface area contributed by atoms with Crippen molar-refractivity contribution >= 4 is 32.6 Å². The van der Waals surface area contributed by atoms with E-state index in [-0.39, 0.29) is 5.91 Å². The summed E-state index contributed by atoms with van der Waals surface area (Å²) in [7, 11) is 1.58. The van der Waals surface area contributed by atoms with Gasteiger partial charge in [0, 0.05) is 31.4 Å². The maximum absolute atomic E-state index is 11.7. The first-order valence-corrected chi connectivity index (χ1v) is 10.1. The molecule has 7 heteroatoms. The third-order valence-corrected chi connectivity index (χ3v) is 5.67. The number of pyridine rings is 1. The van der Waals surface area contributed by atoms with Crippen molar-refractivity contribution < 1.29 is 9.53 Å². The van der Waals surface area contributed by atoms with Gasteiger partial charge in [-0.2, -0.15) is 0 Å². The van der Waals surface area contributed by atoms with Gasteiger partial charge in [-0.1, -0.05) is 30.6 Å². The Bertz CT molecular complexity index is 950. The number of amides is 1. The average Bonchev–Trinajstić information content (AvgIpc) is 3.10. The highest BCUT2D eigenvalue weighted by molar-refractivity contribution is 7.22. The Morgan fingerprint density at radius 3 is 2.78 bits per heavy atom. The van der Waals surface area contributed by atoms with Crippen molar-refractivity contribution in [2.24, 2.45) is 0 Å². The summed E-state index contributed by atoms with van der Waals surface area (Å²) in [6, 6.07) is 9.75. The molecule has 2 heterocycles. The van der Waals surface area contributed by atoms with Gasteiger partial charge in [0.25, 0.3) is 5.91 Å². The van der Waals surface area contributed by atoms with Gasteiger partial charge < -0.3 is 15.4 Å². The molecule has 2 N–H and O–H groups in total. The fourth-order valence-electron chi connectivity index (χ4n) is 3.31. The first kappa shape index (κ1) is 17.7. The third kappa shape index (κ3) is 4.19. The van der Waals surface area contributed by atoms with Gasteiger partial charge in [0.2, 0.25) is 0 Å². The van der Waals surface area contributed by atoms with Gasteiger partial charge in [0.05, 0.1) is 10.2 Å². The van der Waals surface area contributed by atoms with Crippen molar-refractivity contribution in [2.75, 3.05) is 12.4 Å². The Hall–Kier alpha value is -2.67. The Kier molecular flexibility index (Phi) is 5.20. The number of benzene rings is 1. The minimum Gasteiger partial charge on any atom is -0.457 e. The number of carbonyl (C=O) groups excluding carboxylic acids is 1. The number of hydrogen-bond acceptors (Lipinski definition) is 6. The first-order chi connectivity index (χ1) is 13.2. The number of fused-ring (bicyclic) bond motifs is 1. The number of nitrogens with zero attached hydrogens (tertiary/aromatic N) is 2. The molecular weight excluding hydrogens is 360 g/mol. The minimum absolute atomic E-state index is 0.239. The van der Waals surface area contributed by atoms with E-state index >= 15 is 0 Å². The molecule has 1 saturated carbocycles. The number of carbonyl (C=O) groups is 1. The fourth-order valence-corrected chi connectivity index (χ4v) is 4.29. The van der Waals surface area contributed by atoms with Crippen molar-refractivity contribution in [3.05, 3.63) is 42.2 Å². The minimum atomic E-state index is -0.239. The highest BCUT2D eigenvalue weighted by atomic mass is 32.1. The maximum Gasteiger partial charge on any atom is 0.269 e. The number of rotatable bonds is 5. The molecule has 1 fully saturated rings. The second-order valence-electron chi connectivity index (χ2n) is 6.69. The molecule has 1 amide bonds. The number of thiazole rings is 1. The molecule has 0 aliphatic heterocycles. The smallest absolute Gasteiger partial charge is 0.269 e. The van der Waals surface area contributed by atoms with Crippen LogP contribution in [0.3, 0.4) is 0 Å². The molecule has 0 spiro atoms. The SMILES string of the molecule is CNC(=O)c1cc(Oc2ccc3nc(NC4CCCCC4)sc3c2)ccn1. The zero-order valence-electron chi connectivity index (χ0n) is 15.2. The van der Waals surface area contributed by atoms with Crippen molar-refractivity contribution in [1.82, 2.24) is 15.3 Å². The van der Waals surface area contributed by atoms with Crippen LogP contribution in [0, 0.1) is 0 Å². The molecule has 0 radical (unpaired) electrons. The molecular formula is C20H22N4O2S. The Morgan fingerprint density at radius 1 is 1.15 bits per heavy atom. The van der Waals surface area contributed by atoms with Gasteiger partial charge >= 0.3 is 0 Å². The Morgan fingerprint density at radius 2 is 1.96 bits per heavy atom. The van der Waals surface area contributed by atoms with Crippen LogP contribution in [0.25, 0.3) is 10.2 Å². The lowest BCUT2D eigenvalue weighted by Crippen LogP contribution is -2.21. The van der Waals surface area contributed by atoms with Crippen LogP contribution in [0.1, 0.15) is 42.6 Å². The lowest BCUT2D eigenvalue weighted by Gasteiger charge is -2.22. The number of anilines is 1. The van der Waals surface area contributed by atoms with E-state index in [0.29, 0.717) is 23.2 Å². The molecule has 140 valence electrons. The monoisotopic (exact) mass is 382 g/mol. The zero-order valence-corrected chi connectivity index (χ0v) is 16.0. The van der Waals surface area contributed by atoms with Gasteiger partial charge in [-0.15, -0.1) is 0 Å². The van der Waals surface area contributed by atoms with E-state index in [0.717, 1.165) is 15.3 Å². The molecule has 0 unspecified atom stereocenters. The van der Waals surface area contributed by atoms with Crippen molar-refractivity contribution in [3.63, 3.8) is 0 Å². The van der Waals surface area contributed by atoms with Crippen molar-refractivity contribution in [1.29, 1.82) is 0 Å². The highest BCUT2D eigenvalue weighted by Gasteiger charge is 2.15. The average molecular weight is 382 g/mol. The third-order valence-electron chi connectivity index (χ3n) is 4.72. The van der Waals surface area contributed by atoms with E-state index in [1.807, 2.05) is 18.2 Å². The van der Waals surface area contributed by atoms with E-state index in [1.165, 1.54) is 32.1 Å². The molecule has 1 aromatic carbocycles. The van der Waals surface area contributed by atoms with E-state index in [9.17, 15) is 4.79 Å². The summed E-state index contributed by atoms with van der Waals surface area (Å²) in [5.41, 5.74) is 1.29. The number of nitrogens with one attached hydrogen (secondary N) is 2. The van der Waals surface area contributed by atoms with Gasteiger partial charge in [-0.3, -0.25) is 9.78 Å². The van der Waals surface area contributed by atoms with Gasteiger partial charge in [0.15, 0.2) is 5.13 Å². The molecule has 3 aromatic rings. The predicted molar refractivity (Wildman–Crippen MR) is 108 cm³/mol. The van der Waals surface area contributed by atoms with Crippen LogP contribution >= 0.6 is 11.3 Å². The molecule has 0 bridgehead atoms. The van der Waals surface area contributed by atoms with Crippen LogP contribution < -0.4 is 15.4 Å². The van der Waals surface area contributed by atoms with Crippen LogP contribution in [0.5, 0.6) is 11.5 Å². The second-order valence-corrected chi connectivity index (χ2v) is 7.72. The predicted octanol–water partition coefficient (Wildman–Crippen LogP) is 4.59. The zero-order chi connectivity index (χ0) is 18.6. The topological polar surface area (TPSA) is 76.1 Å². The molecule has 1 aliphatic carbocycles. The summed E-state index contributed by atoms with van der Waals surface area (Å²) in [4.78, 5) is 20.5. The van der Waals surface area contributed by atoms with Crippen LogP contribution in [-0.4, -0.2) is 29.0 Å². The molecule has 2 aromatic heterocycles. The van der Waals surface area contributed by atoms with Crippen LogP contribution in [0.15, 0.2) is 36.5 Å². The van der Waals surface area contributed by atoms with Gasteiger partial charge in [0.1, 0.15) is 17.2 Å². The largest absolute Gasteiger partial charge is 0.457 e. The molecule has 27 heavy (non-hydrogen) atoms. The standard InChI is InChI=1S/C20H22N4O2S/c1-21-19(25)17-11-15(9-10-22-17)26-14-7-8-16-18(12-14)27-20(24-16)23-13-5-3-2-4-6-13/h7-13H,2-6H2,1H3,(H,21,25)(H,23,24). The molecule has 0 saturated heterocycles. The quantitative estimate of drug-likeness (QED) is 0.675. The second kappa shape index (κ2) is 7.92. The van der Waals surface area contributed by atoms with E-state index < -0.39 is 0 Å². The van der Waals surface area contributed by atoms with Gasteiger partial charge in [-0.05, 0) is 31.0 Å². The lowest BCUT2D eigenvalue weighted by molar-refractivity contribution is 0.0958. The Labute approximate surface area is 162 Å². The summed E-state index contributed by atoms with van der Waals surface area (Å²) in [6.07, 6.45) is 7.95. The van der Waals surface area contributed by atoms with Crippen molar-refractivity contribution in [2.45, 2.75) is 38.1 Å². The van der Waals surface area contributed by atoms with Crippen molar-refractivity contribution in [3.8, 4) is 11.5 Å². The van der Waals surface area contributed by atoms with Crippen LogP contribution in [0.2, 0.25) is 0 Å². The molecule has 6 nitrogen and oxygen atoms in total. The number of ether oxygens (including phenoxy) is 1. The summed E-state index contributed by atoms with van der Waals surface area (Å²) in [5.74, 6) is 1.05. The fraction of sp³-hybridized carbons (Fsp3) is 0.350. The Balaban J connectivity index is 1.50. The van der Waals surface area contributed by atoms with Gasteiger partial charge in [-0.25, -0.2) is 4.98 Å². The highest BCUT2D eigenvalue weighted by Crippen LogP contribution is 2.32. The maximum atomic E-state index is 11.7. The molecule has 0 atom stereocenters. The first-order valence-electron chi connectivity index (χ1n) is 9.24. The number of hydrogen-bond donors (Lipinski definition) is 2.